The molecule has 1 unspecified atom stereocenters. The average Bonchev–Trinajstić information content (AvgIpc) is 3.32. The third-order valence-electron chi connectivity index (χ3n) is 4.73. The summed E-state index contributed by atoms with van der Waals surface area (Å²) in [5.41, 5.74) is 0.906. The molecule has 1 fully saturated rings. The molecular weight excluding hydrogens is 408 g/mol. The summed E-state index contributed by atoms with van der Waals surface area (Å²) in [7, 11) is 2.08. The Kier molecular flexibility index (Phi) is 5.45. The summed E-state index contributed by atoms with van der Waals surface area (Å²) in [4.78, 5) is 4.56. The highest BCUT2D eigenvalue weighted by Gasteiger charge is 2.27. The van der Waals surface area contributed by atoms with Gasteiger partial charge in [0.1, 0.15) is 0 Å². The Morgan fingerprint density at radius 2 is 2.07 bits per heavy atom. The molecule has 0 aliphatic carbocycles. The quantitative estimate of drug-likeness (QED) is 0.595. The number of rotatable bonds is 6. The molecule has 3 heterocycles. The van der Waals surface area contributed by atoms with Crippen LogP contribution in [0.3, 0.4) is 0 Å². The molecule has 4 rings (SSSR count). The number of anilines is 1. The van der Waals surface area contributed by atoms with Crippen LogP contribution in [0, 0.1) is 0 Å². The number of halogens is 1. The van der Waals surface area contributed by atoms with Crippen LogP contribution in [0.4, 0.5) is 5.82 Å². The zero-order valence-corrected chi connectivity index (χ0v) is 16.7. The van der Waals surface area contributed by atoms with Crippen molar-refractivity contribution in [3.8, 4) is 11.5 Å². The van der Waals surface area contributed by atoms with Crippen molar-refractivity contribution in [1.82, 2.24) is 25.3 Å². The van der Waals surface area contributed by atoms with Gasteiger partial charge in [0.25, 0.3) is 0 Å². The van der Waals surface area contributed by atoms with Gasteiger partial charge in [-0.1, -0.05) is 12.1 Å². The molecule has 1 saturated heterocycles. The van der Waals surface area contributed by atoms with Crippen molar-refractivity contribution in [3.63, 3.8) is 0 Å². The van der Waals surface area contributed by atoms with E-state index in [1.165, 1.54) is 6.42 Å². The van der Waals surface area contributed by atoms with Gasteiger partial charge in [0.05, 0.1) is 12.1 Å². The van der Waals surface area contributed by atoms with Gasteiger partial charge in [-0.2, -0.15) is 5.10 Å². The van der Waals surface area contributed by atoms with E-state index in [0.29, 0.717) is 24.4 Å². The van der Waals surface area contributed by atoms with Crippen LogP contribution in [-0.4, -0.2) is 51.5 Å². The molecule has 1 aliphatic rings. The van der Waals surface area contributed by atoms with E-state index >= 15 is 0 Å². The number of benzene rings is 1. The highest BCUT2D eigenvalue weighted by atomic mass is 79.9. The molecule has 27 heavy (non-hydrogen) atoms. The van der Waals surface area contributed by atoms with Crippen LogP contribution in [0.5, 0.6) is 0 Å². The first-order chi connectivity index (χ1) is 13.2. The second-order valence-corrected chi connectivity index (χ2v) is 7.60. The third-order valence-corrected chi connectivity index (χ3v) is 5.42. The SMILES string of the molecule is CN(Cc1nnc(-c2ccccc2Br)o1)CC1CCCN1c1cccnn1. The standard InChI is InChI=1S/C19H21BrN6O/c1-25(12-14-6-5-11-26(14)17-9-4-10-21-22-17)13-18-23-24-19(27-18)15-7-2-3-8-16(15)20/h2-4,7-10,14H,5-6,11-13H2,1H3. The summed E-state index contributed by atoms with van der Waals surface area (Å²) < 4.78 is 6.81. The number of aromatic nitrogens is 4. The molecule has 1 aromatic carbocycles. The second-order valence-electron chi connectivity index (χ2n) is 6.75. The van der Waals surface area contributed by atoms with E-state index in [1.54, 1.807) is 6.20 Å². The molecule has 0 bridgehead atoms. The minimum absolute atomic E-state index is 0.414. The first-order valence-electron chi connectivity index (χ1n) is 9.01. The normalized spacial score (nSPS) is 17.0. The minimum Gasteiger partial charge on any atom is -0.419 e. The molecule has 8 heteroatoms. The van der Waals surface area contributed by atoms with Crippen LogP contribution >= 0.6 is 15.9 Å². The zero-order valence-electron chi connectivity index (χ0n) is 15.1. The number of hydrogen-bond donors (Lipinski definition) is 0. The fourth-order valence-corrected chi connectivity index (χ4v) is 3.94. The van der Waals surface area contributed by atoms with Crippen LogP contribution in [0.15, 0.2) is 51.5 Å². The van der Waals surface area contributed by atoms with Gasteiger partial charge in [0.15, 0.2) is 5.82 Å². The molecule has 0 amide bonds. The van der Waals surface area contributed by atoms with Crippen LogP contribution < -0.4 is 4.90 Å². The molecule has 7 nitrogen and oxygen atoms in total. The highest BCUT2D eigenvalue weighted by Crippen LogP contribution is 2.27. The van der Waals surface area contributed by atoms with E-state index in [0.717, 1.165) is 35.4 Å². The van der Waals surface area contributed by atoms with Gasteiger partial charge >= 0.3 is 0 Å². The van der Waals surface area contributed by atoms with Crippen LogP contribution in [-0.2, 0) is 6.54 Å². The maximum Gasteiger partial charge on any atom is 0.248 e. The fourth-order valence-electron chi connectivity index (χ4n) is 3.49. The fraction of sp³-hybridized carbons (Fsp3) is 0.368. The summed E-state index contributed by atoms with van der Waals surface area (Å²) in [6.45, 7) is 2.54. The van der Waals surface area contributed by atoms with Crippen molar-refractivity contribution in [1.29, 1.82) is 0 Å². The molecule has 0 radical (unpaired) electrons. The Labute approximate surface area is 166 Å². The lowest BCUT2D eigenvalue weighted by atomic mass is 10.2. The Hall–Kier alpha value is -2.32. The lowest BCUT2D eigenvalue weighted by Gasteiger charge is -2.28. The molecule has 140 valence electrons. The summed E-state index contributed by atoms with van der Waals surface area (Å²) in [6, 6.07) is 12.2. The Morgan fingerprint density at radius 3 is 2.89 bits per heavy atom. The lowest BCUT2D eigenvalue weighted by molar-refractivity contribution is 0.272. The van der Waals surface area contributed by atoms with E-state index in [1.807, 2.05) is 36.4 Å². The first kappa shape index (κ1) is 18.1. The van der Waals surface area contributed by atoms with Gasteiger partial charge in [-0.05, 0) is 60.1 Å². The van der Waals surface area contributed by atoms with Crippen molar-refractivity contribution < 1.29 is 4.42 Å². The molecule has 0 saturated carbocycles. The van der Waals surface area contributed by atoms with Crippen LogP contribution in [0.25, 0.3) is 11.5 Å². The minimum atomic E-state index is 0.414. The maximum atomic E-state index is 5.87. The zero-order chi connectivity index (χ0) is 18.6. The molecule has 2 aromatic heterocycles. The largest absolute Gasteiger partial charge is 0.419 e. The van der Waals surface area contributed by atoms with Crippen LogP contribution in [0.2, 0.25) is 0 Å². The Bertz CT molecular complexity index is 887. The number of nitrogens with zero attached hydrogens (tertiary/aromatic N) is 6. The molecule has 0 N–H and O–H groups in total. The van der Waals surface area contributed by atoms with Gasteiger partial charge in [0, 0.05) is 29.8 Å². The van der Waals surface area contributed by atoms with Crippen molar-refractivity contribution in [3.05, 3.63) is 53.0 Å². The Morgan fingerprint density at radius 1 is 1.19 bits per heavy atom. The maximum absolute atomic E-state index is 5.87. The number of hydrogen-bond acceptors (Lipinski definition) is 7. The monoisotopic (exact) mass is 428 g/mol. The van der Waals surface area contributed by atoms with Crippen molar-refractivity contribution >= 4 is 21.7 Å². The van der Waals surface area contributed by atoms with Crippen LogP contribution in [0.1, 0.15) is 18.7 Å². The molecular formula is C19H21BrN6O. The van der Waals surface area contributed by atoms with Crippen molar-refractivity contribution in [2.75, 3.05) is 25.0 Å². The van der Waals surface area contributed by atoms with Gasteiger partial charge < -0.3 is 9.32 Å². The van der Waals surface area contributed by atoms with Gasteiger partial charge in [-0.25, -0.2) is 0 Å². The first-order valence-corrected chi connectivity index (χ1v) is 9.80. The van der Waals surface area contributed by atoms with Crippen molar-refractivity contribution in [2.24, 2.45) is 0 Å². The predicted molar refractivity (Wildman–Crippen MR) is 106 cm³/mol. The van der Waals surface area contributed by atoms with E-state index < -0.39 is 0 Å². The molecule has 3 aromatic rings. The van der Waals surface area contributed by atoms with E-state index in [2.05, 4.69) is 53.2 Å². The van der Waals surface area contributed by atoms with E-state index in [9.17, 15) is 0 Å². The molecule has 0 spiro atoms. The second kappa shape index (κ2) is 8.14. The van der Waals surface area contributed by atoms with Gasteiger partial charge in [0.2, 0.25) is 11.8 Å². The smallest absolute Gasteiger partial charge is 0.248 e. The summed E-state index contributed by atoms with van der Waals surface area (Å²) >= 11 is 3.53. The topological polar surface area (TPSA) is 71.2 Å². The van der Waals surface area contributed by atoms with Gasteiger partial charge in [-0.15, -0.1) is 15.3 Å². The molecule has 1 atom stereocenters. The summed E-state index contributed by atoms with van der Waals surface area (Å²) in [6.07, 6.45) is 4.02. The molecule has 1 aliphatic heterocycles. The Balaban J connectivity index is 1.40. The number of likely N-dealkylation sites (N-methyl/N-ethyl adjacent to an activating group) is 1. The highest BCUT2D eigenvalue weighted by molar-refractivity contribution is 9.10. The average molecular weight is 429 g/mol. The van der Waals surface area contributed by atoms with Crippen molar-refractivity contribution in [2.45, 2.75) is 25.4 Å². The van der Waals surface area contributed by atoms with E-state index in [4.69, 9.17) is 4.42 Å². The van der Waals surface area contributed by atoms with E-state index in [-0.39, 0.29) is 0 Å². The lowest BCUT2D eigenvalue weighted by Crippen LogP contribution is -2.39. The predicted octanol–water partition coefficient (Wildman–Crippen LogP) is 3.39. The summed E-state index contributed by atoms with van der Waals surface area (Å²) in [5.74, 6) is 2.10. The van der Waals surface area contributed by atoms with Gasteiger partial charge in [-0.3, -0.25) is 4.90 Å². The third kappa shape index (κ3) is 4.17. The summed E-state index contributed by atoms with van der Waals surface area (Å²) in [5, 5.41) is 16.7.